The summed E-state index contributed by atoms with van der Waals surface area (Å²) in [5, 5.41) is 7.69. The average Bonchev–Trinajstić information content (AvgIpc) is 3.51. The number of aromatic nitrogens is 3. The van der Waals surface area contributed by atoms with Crippen LogP contribution in [0.2, 0.25) is 0 Å². The fourth-order valence-corrected chi connectivity index (χ4v) is 9.01. The molecule has 0 fully saturated rings. The van der Waals surface area contributed by atoms with Gasteiger partial charge in [0.1, 0.15) is 0 Å². The first-order valence-corrected chi connectivity index (χ1v) is 16.7. The molecule has 0 spiro atoms. The summed E-state index contributed by atoms with van der Waals surface area (Å²) in [4.78, 5) is 15.2. The van der Waals surface area contributed by atoms with Crippen molar-refractivity contribution in [2.24, 2.45) is 0 Å². The van der Waals surface area contributed by atoms with Crippen molar-refractivity contribution in [2.75, 3.05) is 0 Å². The molecule has 4 heteroatoms. The summed E-state index contributed by atoms with van der Waals surface area (Å²) in [5.41, 5.74) is 5.28. The van der Waals surface area contributed by atoms with Crippen LogP contribution in [-0.4, -0.2) is 29.5 Å². The van der Waals surface area contributed by atoms with Gasteiger partial charge in [0.2, 0.25) is 0 Å². The van der Waals surface area contributed by atoms with Gasteiger partial charge in [-0.25, -0.2) is 0 Å². The van der Waals surface area contributed by atoms with Crippen molar-refractivity contribution in [3.05, 3.63) is 152 Å². The standard InChI is InChI=1S/C41H25N3Se/c1-3-11-26(12-4-1)27-19-21-29(22-20-27)40-42-39(28-13-5-2-6-14-28)43-41(44-40)35-25-30-23-24-34-32-16-9-10-18-36(32)45-38(34)37(30)33-17-8-7-15-31(33)35/h1-25H. The van der Waals surface area contributed by atoms with Crippen LogP contribution in [-0.2, 0) is 0 Å². The molecule has 2 aromatic heterocycles. The van der Waals surface area contributed by atoms with Crippen molar-refractivity contribution in [3.63, 3.8) is 0 Å². The monoisotopic (exact) mass is 639 g/mol. The third kappa shape index (κ3) is 4.46. The minimum atomic E-state index is 0.252. The van der Waals surface area contributed by atoms with Crippen LogP contribution in [0.25, 0.3) is 86.1 Å². The molecular weight excluding hydrogens is 613 g/mol. The second kappa shape index (κ2) is 10.6. The van der Waals surface area contributed by atoms with Gasteiger partial charge in [-0.2, -0.15) is 0 Å². The van der Waals surface area contributed by atoms with E-state index in [0.717, 1.165) is 27.6 Å². The smallest absolute Gasteiger partial charge is 0.0544 e. The summed E-state index contributed by atoms with van der Waals surface area (Å²) < 4.78 is 2.91. The van der Waals surface area contributed by atoms with Gasteiger partial charge in [0.25, 0.3) is 0 Å². The van der Waals surface area contributed by atoms with E-state index in [1.165, 1.54) is 41.0 Å². The Morgan fingerprint density at radius 2 is 0.911 bits per heavy atom. The quantitative estimate of drug-likeness (QED) is 0.142. The van der Waals surface area contributed by atoms with Crippen LogP contribution in [0, 0.1) is 0 Å². The van der Waals surface area contributed by atoms with E-state index in [2.05, 4.69) is 127 Å². The van der Waals surface area contributed by atoms with Crippen LogP contribution in [0.5, 0.6) is 0 Å². The molecule has 210 valence electrons. The Bertz CT molecular complexity index is 2520. The summed E-state index contributed by atoms with van der Waals surface area (Å²) >= 11 is 0.252. The molecule has 0 N–H and O–H groups in total. The number of fused-ring (bicyclic) bond motifs is 7. The summed E-state index contributed by atoms with van der Waals surface area (Å²) in [7, 11) is 0. The van der Waals surface area contributed by atoms with Gasteiger partial charge in [0.05, 0.1) is 0 Å². The Morgan fingerprint density at radius 1 is 0.378 bits per heavy atom. The van der Waals surface area contributed by atoms with Crippen LogP contribution in [0.3, 0.4) is 0 Å². The molecule has 7 aromatic carbocycles. The molecule has 0 aliphatic rings. The van der Waals surface area contributed by atoms with E-state index in [1.54, 1.807) is 0 Å². The minimum Gasteiger partial charge on any atom is -0.0617 e. The molecule has 0 amide bonds. The van der Waals surface area contributed by atoms with E-state index in [1.807, 2.05) is 24.3 Å². The second-order valence-corrected chi connectivity index (χ2v) is 13.4. The van der Waals surface area contributed by atoms with E-state index < -0.39 is 0 Å². The van der Waals surface area contributed by atoms with Gasteiger partial charge < -0.3 is 0 Å². The average molecular weight is 639 g/mol. The van der Waals surface area contributed by atoms with Crippen LogP contribution in [0.1, 0.15) is 0 Å². The maximum absolute atomic E-state index is 5.15. The van der Waals surface area contributed by atoms with E-state index in [9.17, 15) is 0 Å². The Labute approximate surface area is 266 Å². The van der Waals surface area contributed by atoms with Crippen molar-refractivity contribution in [3.8, 4) is 45.3 Å². The first kappa shape index (κ1) is 26.0. The molecule has 3 nitrogen and oxygen atoms in total. The van der Waals surface area contributed by atoms with Crippen LogP contribution in [0.15, 0.2) is 152 Å². The zero-order chi connectivity index (χ0) is 29.7. The Morgan fingerprint density at radius 3 is 1.64 bits per heavy atom. The number of rotatable bonds is 4. The topological polar surface area (TPSA) is 38.7 Å². The molecule has 0 atom stereocenters. The molecule has 0 saturated carbocycles. The van der Waals surface area contributed by atoms with Gasteiger partial charge in [-0.15, -0.1) is 0 Å². The predicted molar refractivity (Wildman–Crippen MR) is 189 cm³/mol. The molecule has 45 heavy (non-hydrogen) atoms. The van der Waals surface area contributed by atoms with E-state index in [-0.39, 0.29) is 14.5 Å². The van der Waals surface area contributed by atoms with Gasteiger partial charge in [0, 0.05) is 0 Å². The van der Waals surface area contributed by atoms with Crippen molar-refractivity contribution in [2.45, 2.75) is 0 Å². The summed E-state index contributed by atoms with van der Waals surface area (Å²) in [6.45, 7) is 0. The van der Waals surface area contributed by atoms with Gasteiger partial charge in [-0.3, -0.25) is 0 Å². The molecule has 0 radical (unpaired) electrons. The largest absolute Gasteiger partial charge is 0.0617 e. The zero-order valence-corrected chi connectivity index (χ0v) is 25.9. The van der Waals surface area contributed by atoms with Gasteiger partial charge in [0.15, 0.2) is 0 Å². The van der Waals surface area contributed by atoms with E-state index in [0.29, 0.717) is 17.5 Å². The molecule has 0 aliphatic carbocycles. The summed E-state index contributed by atoms with van der Waals surface area (Å²) in [6.07, 6.45) is 0. The van der Waals surface area contributed by atoms with Crippen molar-refractivity contribution >= 4 is 55.3 Å². The number of hydrogen-bond acceptors (Lipinski definition) is 3. The number of nitrogens with zero attached hydrogens (tertiary/aromatic N) is 3. The SMILES string of the molecule is c1ccc(-c2ccc(-c3nc(-c4ccccc4)nc(-c4cc5ccc6c7ccccc7[se]c6c5c5ccccc45)n3)cc2)cc1. The van der Waals surface area contributed by atoms with Gasteiger partial charge in [-0.1, -0.05) is 30.3 Å². The number of benzene rings is 7. The predicted octanol–water partition coefficient (Wildman–Crippen LogP) is 10.2. The van der Waals surface area contributed by atoms with Crippen molar-refractivity contribution < 1.29 is 0 Å². The second-order valence-electron chi connectivity index (χ2n) is 11.2. The fourth-order valence-electron chi connectivity index (χ4n) is 6.34. The van der Waals surface area contributed by atoms with Crippen molar-refractivity contribution in [1.29, 1.82) is 0 Å². The summed E-state index contributed by atoms with van der Waals surface area (Å²) in [6, 6.07) is 53.5. The molecule has 0 aliphatic heterocycles. The van der Waals surface area contributed by atoms with Crippen LogP contribution in [0.4, 0.5) is 0 Å². The molecule has 0 unspecified atom stereocenters. The Kier molecular flexibility index (Phi) is 6.15. The summed E-state index contributed by atoms with van der Waals surface area (Å²) in [5.74, 6) is 2.01. The third-order valence-corrected chi connectivity index (χ3v) is 11.1. The van der Waals surface area contributed by atoms with Crippen LogP contribution >= 0.6 is 0 Å². The molecule has 0 bridgehead atoms. The normalized spacial score (nSPS) is 11.6. The Hall–Kier alpha value is -5.41. The maximum atomic E-state index is 5.15. The zero-order valence-electron chi connectivity index (χ0n) is 24.2. The first-order valence-electron chi connectivity index (χ1n) is 15.0. The molecule has 9 rings (SSSR count). The molecular formula is C41H25N3Se. The molecule has 0 saturated heterocycles. The minimum absolute atomic E-state index is 0.252. The Balaban J connectivity index is 1.28. The first-order chi connectivity index (χ1) is 22.3. The van der Waals surface area contributed by atoms with Gasteiger partial charge in [-0.05, 0) is 5.56 Å². The molecule has 9 aromatic rings. The van der Waals surface area contributed by atoms with Gasteiger partial charge >= 0.3 is 231 Å². The fraction of sp³-hybridized carbons (Fsp3) is 0. The molecule has 2 heterocycles. The number of hydrogen-bond donors (Lipinski definition) is 0. The van der Waals surface area contributed by atoms with Crippen LogP contribution < -0.4 is 0 Å². The van der Waals surface area contributed by atoms with Crippen molar-refractivity contribution in [1.82, 2.24) is 15.0 Å². The third-order valence-electron chi connectivity index (χ3n) is 8.52. The van der Waals surface area contributed by atoms with E-state index >= 15 is 0 Å². The maximum Gasteiger partial charge on any atom is -0.0544 e. The van der Waals surface area contributed by atoms with E-state index in [4.69, 9.17) is 15.0 Å².